The molecule has 0 saturated carbocycles. The molecule has 0 amide bonds. The maximum Gasteiger partial charge on any atom is 0 e. The third kappa shape index (κ3) is 8.85. The van der Waals surface area contributed by atoms with Crippen molar-refractivity contribution in [2.75, 3.05) is 0 Å². The predicted molar refractivity (Wildman–Crippen MR) is 17.3 cm³/mol. The molecule has 10 valence electrons. The van der Waals surface area contributed by atoms with Crippen molar-refractivity contribution in [1.29, 1.82) is 0 Å². The molecule has 0 nitrogen and oxygen atoms in total. The molecule has 0 spiro atoms. The fourth-order valence-corrected chi connectivity index (χ4v) is 0. The normalized spacial score (nSPS) is 0. The topological polar surface area (TPSA) is 0 Å². The number of hydrogen-bond acceptors (Lipinski definition) is 0. The van der Waals surface area contributed by atoms with Crippen LogP contribution in [0.4, 0.5) is 0 Å². The van der Waals surface area contributed by atoms with Gasteiger partial charge in [0, 0.05) is 91.2 Å². The van der Waals surface area contributed by atoms with E-state index < -0.39 is 0 Å². The van der Waals surface area contributed by atoms with E-state index in [-0.39, 0.29) is 91.2 Å². The van der Waals surface area contributed by atoms with Crippen LogP contribution in [0.3, 0.4) is 0 Å². The number of rotatable bonds is 0. The Labute approximate surface area is 89.4 Å². The average molecular weight is 158 g/mol. The van der Waals surface area contributed by atoms with Gasteiger partial charge < -0.3 is 0 Å². The molecule has 4 heteroatoms. The maximum absolute atomic E-state index is 0. The predicted octanol–water partition coefficient (Wildman–Crippen LogP) is -1.14. The molecule has 0 atom stereocenters. The first kappa shape index (κ1) is 28.8. The monoisotopic (exact) mass is 156 g/mol. The van der Waals surface area contributed by atoms with Crippen molar-refractivity contribution in [2.24, 2.45) is 0 Å². The van der Waals surface area contributed by atoms with Gasteiger partial charge in [0.2, 0.25) is 0 Å². The molecule has 0 rings (SSSR count). The molecule has 0 aliphatic carbocycles. The molecule has 0 aromatic rings. The molecule has 0 fully saturated rings. The molecular weight excluding hydrogens is 158 g/mol. The van der Waals surface area contributed by atoms with Gasteiger partial charge in [-0.05, 0) is 0 Å². The van der Waals surface area contributed by atoms with Crippen LogP contribution < -0.4 is 0 Å². The summed E-state index contributed by atoms with van der Waals surface area (Å²) in [6.45, 7) is 0. The van der Waals surface area contributed by atoms with Crippen LogP contribution in [-0.2, 0) is 19.5 Å². The molecule has 4 heavy (non-hydrogen) atoms. The van der Waals surface area contributed by atoms with Gasteiger partial charge in [-0.3, -0.25) is 0 Å². The molecule has 0 N–H and O–H groups in total. The molecule has 0 saturated heterocycles. The average Bonchev–Trinajstić information content (AvgIpc) is 0. The fourth-order valence-electron chi connectivity index (χ4n) is 0. The van der Waals surface area contributed by atoms with E-state index in [0.717, 1.165) is 0 Å². The first-order valence-corrected chi connectivity index (χ1v) is 0. The van der Waals surface area contributed by atoms with Crippen LogP contribution >= 0.6 is 0 Å². The van der Waals surface area contributed by atoms with Gasteiger partial charge in [0.05, 0.1) is 0 Å². The summed E-state index contributed by atoms with van der Waals surface area (Å²) < 4.78 is 0. The smallest absolute Gasteiger partial charge is 0 e. The van der Waals surface area contributed by atoms with Crippen molar-refractivity contribution in [3.63, 3.8) is 0 Å². The standard InChI is InChI=1S/Ca.Mg.Si.Zn. The van der Waals surface area contributed by atoms with E-state index in [9.17, 15) is 0 Å². The van der Waals surface area contributed by atoms with Crippen LogP contribution in [-0.4, -0.2) is 71.8 Å². The zero-order chi connectivity index (χ0) is 0. The Balaban J connectivity index is 0. The molecule has 0 bridgehead atoms. The zero-order valence-electron chi connectivity index (χ0n) is 2.62. The third-order valence-corrected chi connectivity index (χ3v) is 0. The Hall–Kier alpha value is 2.87. The fraction of sp³-hybridized carbons (Fsp3) is 0. The van der Waals surface area contributed by atoms with E-state index in [0.29, 0.717) is 0 Å². The van der Waals surface area contributed by atoms with Gasteiger partial charge in [-0.1, -0.05) is 0 Å². The van der Waals surface area contributed by atoms with E-state index >= 15 is 0 Å². The second-order valence-electron chi connectivity index (χ2n) is 0. The summed E-state index contributed by atoms with van der Waals surface area (Å²) in [5.41, 5.74) is 0. The molecule has 0 aromatic heterocycles. The van der Waals surface area contributed by atoms with E-state index in [1.165, 1.54) is 0 Å². The SMILES string of the molecule is [Ca].[Mg].[Si].[Zn]. The molecule has 8 radical (unpaired) electrons. The van der Waals surface area contributed by atoms with Gasteiger partial charge in [0.25, 0.3) is 0 Å². The first-order valence-electron chi connectivity index (χ1n) is 0. The Bertz CT molecular complexity index is 8.00. The summed E-state index contributed by atoms with van der Waals surface area (Å²) in [6, 6.07) is 0. The van der Waals surface area contributed by atoms with Crippen LogP contribution in [0.1, 0.15) is 0 Å². The summed E-state index contributed by atoms with van der Waals surface area (Å²) >= 11 is 0. The maximum atomic E-state index is 0. The van der Waals surface area contributed by atoms with Crippen molar-refractivity contribution in [3.05, 3.63) is 0 Å². The van der Waals surface area contributed by atoms with E-state index in [1.54, 1.807) is 0 Å². The van der Waals surface area contributed by atoms with Crippen LogP contribution in [0.25, 0.3) is 0 Å². The Kier molecular flexibility index (Phi) is 122. The van der Waals surface area contributed by atoms with Crippen molar-refractivity contribution >= 4 is 71.8 Å². The van der Waals surface area contributed by atoms with Crippen molar-refractivity contribution < 1.29 is 19.5 Å². The van der Waals surface area contributed by atoms with E-state index in [1.807, 2.05) is 0 Å². The van der Waals surface area contributed by atoms with E-state index in [2.05, 4.69) is 0 Å². The van der Waals surface area contributed by atoms with Crippen molar-refractivity contribution in [3.8, 4) is 0 Å². The van der Waals surface area contributed by atoms with Gasteiger partial charge >= 0.3 is 0 Å². The largest absolute Gasteiger partial charge is 0 e. The Morgan fingerprint density at radius 2 is 1.00 bits per heavy atom. The van der Waals surface area contributed by atoms with Crippen LogP contribution in [0.5, 0.6) is 0 Å². The molecular formula is CaMgSiZn. The van der Waals surface area contributed by atoms with Gasteiger partial charge in [-0.2, -0.15) is 0 Å². The van der Waals surface area contributed by atoms with Crippen LogP contribution in [0.2, 0.25) is 0 Å². The van der Waals surface area contributed by atoms with Crippen molar-refractivity contribution in [2.45, 2.75) is 0 Å². The second-order valence-corrected chi connectivity index (χ2v) is 0. The minimum atomic E-state index is 0. The van der Waals surface area contributed by atoms with Gasteiger partial charge in [-0.25, -0.2) is 0 Å². The molecule has 0 aromatic carbocycles. The zero-order valence-corrected chi connectivity index (χ0v) is 10.2. The summed E-state index contributed by atoms with van der Waals surface area (Å²) in [4.78, 5) is 0. The number of hydrogen-bond donors (Lipinski definition) is 0. The summed E-state index contributed by atoms with van der Waals surface area (Å²) in [5, 5.41) is 0. The van der Waals surface area contributed by atoms with E-state index in [4.69, 9.17) is 0 Å². The quantitative estimate of drug-likeness (QED) is 0.390. The molecule has 0 aliphatic rings. The Morgan fingerprint density at radius 1 is 1.00 bits per heavy atom. The third-order valence-electron chi connectivity index (χ3n) is 0. The minimum Gasteiger partial charge on any atom is 0 e. The minimum absolute atomic E-state index is 0. The molecule has 0 aliphatic heterocycles. The summed E-state index contributed by atoms with van der Waals surface area (Å²) in [5.74, 6) is 0. The van der Waals surface area contributed by atoms with Gasteiger partial charge in [0.1, 0.15) is 0 Å². The first-order chi connectivity index (χ1) is 0. The van der Waals surface area contributed by atoms with Crippen molar-refractivity contribution in [1.82, 2.24) is 0 Å². The summed E-state index contributed by atoms with van der Waals surface area (Å²) in [7, 11) is 0. The molecule has 0 heterocycles. The second kappa shape index (κ2) is 16.9. The molecule has 0 unspecified atom stereocenters. The van der Waals surface area contributed by atoms with Gasteiger partial charge in [0.15, 0.2) is 0 Å². The Morgan fingerprint density at radius 3 is 1.00 bits per heavy atom. The summed E-state index contributed by atoms with van der Waals surface area (Å²) in [6.07, 6.45) is 0. The van der Waals surface area contributed by atoms with Gasteiger partial charge in [-0.15, -0.1) is 0 Å². The van der Waals surface area contributed by atoms with Crippen LogP contribution in [0.15, 0.2) is 0 Å². The van der Waals surface area contributed by atoms with Crippen LogP contribution in [0, 0.1) is 0 Å².